The Bertz CT molecular complexity index is 698. The number of nitrogens with one attached hydrogen (secondary N) is 2. The molecule has 2 unspecified atom stereocenters. The van der Waals surface area contributed by atoms with Crippen LogP contribution >= 0.6 is 22.6 Å². The second kappa shape index (κ2) is 7.46. The predicted octanol–water partition coefficient (Wildman–Crippen LogP) is 4.06. The Morgan fingerprint density at radius 2 is 1.92 bits per heavy atom. The fraction of sp³-hybridized carbons (Fsp3) is 0.600. The standard InChI is InChI=1S/C20H27IN4O/c1-14-13-20(11-12-22-14)18(23-16-5-3-2-4-6-16)24-19(26)25(20)17-9-7-15(21)8-10-17/h7-10,14,16,22H,2-6,11-13H2,1H3,(H,23,24,26). The highest BCUT2D eigenvalue weighted by atomic mass is 127. The maximum atomic E-state index is 13.0. The van der Waals surface area contributed by atoms with Crippen LogP contribution in [0.4, 0.5) is 10.5 Å². The summed E-state index contributed by atoms with van der Waals surface area (Å²) in [5.41, 5.74) is 0.622. The Kier molecular flexibility index (Phi) is 5.23. The Morgan fingerprint density at radius 3 is 2.62 bits per heavy atom. The van der Waals surface area contributed by atoms with Gasteiger partial charge in [-0.25, -0.2) is 4.79 Å². The van der Waals surface area contributed by atoms with Crippen molar-refractivity contribution in [2.45, 2.75) is 69.5 Å². The number of carbonyl (C=O) groups is 1. The highest BCUT2D eigenvalue weighted by Crippen LogP contribution is 2.38. The Hall–Kier alpha value is -1.15. The third-order valence-electron chi connectivity index (χ3n) is 5.94. The van der Waals surface area contributed by atoms with Gasteiger partial charge in [-0.05, 0) is 86.0 Å². The number of urea groups is 1. The summed E-state index contributed by atoms with van der Waals surface area (Å²) in [4.78, 5) is 20.1. The zero-order valence-electron chi connectivity index (χ0n) is 15.3. The first kappa shape index (κ1) is 18.2. The quantitative estimate of drug-likeness (QED) is 0.646. The van der Waals surface area contributed by atoms with E-state index < -0.39 is 0 Å². The SMILES string of the molecule is CC1CC2(CCN1)C(=NC1CCCCC1)NC(=O)N2c1ccc(I)cc1. The average Bonchev–Trinajstić information content (AvgIpc) is 2.87. The number of piperidine rings is 1. The molecule has 2 saturated heterocycles. The lowest BCUT2D eigenvalue weighted by molar-refractivity contribution is 0.246. The normalized spacial score (nSPS) is 31.6. The number of rotatable bonds is 2. The van der Waals surface area contributed by atoms with Crippen LogP contribution in [0.3, 0.4) is 0 Å². The lowest BCUT2D eigenvalue weighted by Crippen LogP contribution is -2.58. The molecular formula is C20H27IN4O. The van der Waals surface area contributed by atoms with Gasteiger partial charge in [0.15, 0.2) is 0 Å². The third-order valence-corrected chi connectivity index (χ3v) is 6.66. The molecule has 4 rings (SSSR count). The molecule has 6 heteroatoms. The van der Waals surface area contributed by atoms with Gasteiger partial charge in [-0.3, -0.25) is 15.2 Å². The number of carbonyl (C=O) groups excluding carboxylic acids is 1. The number of aliphatic imine (C=N–C) groups is 1. The number of hydrogen-bond acceptors (Lipinski definition) is 3. The molecule has 1 saturated carbocycles. The van der Waals surface area contributed by atoms with E-state index in [0.717, 1.165) is 43.8 Å². The van der Waals surface area contributed by atoms with Gasteiger partial charge in [-0.1, -0.05) is 19.3 Å². The van der Waals surface area contributed by atoms with E-state index in [2.05, 4.69) is 64.4 Å². The Labute approximate surface area is 169 Å². The molecular weight excluding hydrogens is 439 g/mol. The van der Waals surface area contributed by atoms with Crippen LogP contribution in [0.2, 0.25) is 0 Å². The number of benzene rings is 1. The first-order chi connectivity index (χ1) is 12.6. The molecule has 0 bridgehead atoms. The van der Waals surface area contributed by atoms with E-state index in [1.54, 1.807) is 0 Å². The molecule has 0 aromatic heterocycles. The van der Waals surface area contributed by atoms with Crippen LogP contribution in [0, 0.1) is 3.57 Å². The molecule has 5 nitrogen and oxygen atoms in total. The Balaban J connectivity index is 1.74. The Morgan fingerprint density at radius 1 is 1.19 bits per heavy atom. The van der Waals surface area contributed by atoms with Crippen molar-refractivity contribution in [3.8, 4) is 0 Å². The summed E-state index contributed by atoms with van der Waals surface area (Å²) >= 11 is 2.30. The first-order valence-corrected chi connectivity index (χ1v) is 10.8. The van der Waals surface area contributed by atoms with Gasteiger partial charge in [0.1, 0.15) is 11.4 Å². The van der Waals surface area contributed by atoms with E-state index in [1.165, 1.54) is 22.8 Å². The second-order valence-electron chi connectivity index (χ2n) is 7.85. The number of halogens is 1. The van der Waals surface area contributed by atoms with Gasteiger partial charge in [0.05, 0.1) is 6.04 Å². The zero-order valence-corrected chi connectivity index (χ0v) is 17.5. The van der Waals surface area contributed by atoms with Crippen LogP contribution in [0.15, 0.2) is 29.3 Å². The van der Waals surface area contributed by atoms with E-state index in [1.807, 2.05) is 4.90 Å². The lowest BCUT2D eigenvalue weighted by Gasteiger charge is -2.43. The molecule has 2 atom stereocenters. The molecule has 3 fully saturated rings. The van der Waals surface area contributed by atoms with Gasteiger partial charge in [-0.15, -0.1) is 0 Å². The van der Waals surface area contributed by atoms with E-state index >= 15 is 0 Å². The summed E-state index contributed by atoms with van der Waals surface area (Å²) in [6.07, 6.45) is 7.90. The van der Waals surface area contributed by atoms with Crippen molar-refractivity contribution < 1.29 is 4.79 Å². The maximum absolute atomic E-state index is 13.0. The third kappa shape index (κ3) is 3.38. The van der Waals surface area contributed by atoms with Gasteiger partial charge >= 0.3 is 6.03 Å². The summed E-state index contributed by atoms with van der Waals surface area (Å²) in [5, 5.41) is 6.68. The van der Waals surface area contributed by atoms with E-state index in [0.29, 0.717) is 12.1 Å². The molecule has 0 radical (unpaired) electrons. The summed E-state index contributed by atoms with van der Waals surface area (Å²) in [7, 11) is 0. The predicted molar refractivity (Wildman–Crippen MR) is 114 cm³/mol. The molecule has 1 aromatic rings. The fourth-order valence-corrected chi connectivity index (χ4v) is 5.06. The highest BCUT2D eigenvalue weighted by molar-refractivity contribution is 14.1. The average molecular weight is 466 g/mol. The second-order valence-corrected chi connectivity index (χ2v) is 9.10. The lowest BCUT2D eigenvalue weighted by atomic mass is 9.82. The largest absolute Gasteiger partial charge is 0.328 e. The van der Waals surface area contributed by atoms with Crippen LogP contribution < -0.4 is 15.5 Å². The van der Waals surface area contributed by atoms with E-state index in [9.17, 15) is 4.79 Å². The van der Waals surface area contributed by atoms with Gasteiger partial charge in [0.25, 0.3) is 0 Å². The summed E-state index contributed by atoms with van der Waals surface area (Å²) in [5.74, 6) is 0.904. The number of nitrogens with zero attached hydrogens (tertiary/aromatic N) is 2. The summed E-state index contributed by atoms with van der Waals surface area (Å²) < 4.78 is 1.18. The number of amides is 2. The molecule has 140 valence electrons. The van der Waals surface area contributed by atoms with Crippen LogP contribution in [-0.4, -0.2) is 36.0 Å². The van der Waals surface area contributed by atoms with Crippen molar-refractivity contribution in [2.75, 3.05) is 11.4 Å². The van der Waals surface area contributed by atoms with Crippen molar-refractivity contribution in [2.24, 2.45) is 4.99 Å². The highest BCUT2D eigenvalue weighted by Gasteiger charge is 2.53. The zero-order chi connectivity index (χ0) is 18.1. The van der Waals surface area contributed by atoms with Gasteiger partial charge in [0, 0.05) is 15.3 Å². The molecule has 2 heterocycles. The van der Waals surface area contributed by atoms with Crippen LogP contribution in [0.5, 0.6) is 0 Å². The van der Waals surface area contributed by atoms with Crippen LogP contribution in [0.1, 0.15) is 51.9 Å². The monoisotopic (exact) mass is 466 g/mol. The van der Waals surface area contributed by atoms with Crippen LogP contribution in [0.25, 0.3) is 0 Å². The van der Waals surface area contributed by atoms with Gasteiger partial charge in [0.2, 0.25) is 0 Å². The minimum Gasteiger partial charge on any atom is -0.314 e. The number of hydrogen-bond donors (Lipinski definition) is 2. The molecule has 1 spiro atoms. The maximum Gasteiger partial charge on any atom is 0.328 e. The molecule has 2 aliphatic heterocycles. The fourth-order valence-electron chi connectivity index (χ4n) is 4.70. The molecule has 2 amide bonds. The summed E-state index contributed by atoms with van der Waals surface area (Å²) in [6, 6.07) is 8.93. The van der Waals surface area contributed by atoms with Gasteiger partial charge < -0.3 is 5.32 Å². The van der Waals surface area contributed by atoms with Crippen molar-refractivity contribution in [1.82, 2.24) is 10.6 Å². The molecule has 2 N–H and O–H groups in total. The summed E-state index contributed by atoms with van der Waals surface area (Å²) in [6.45, 7) is 3.11. The minimum absolute atomic E-state index is 0.0325. The minimum atomic E-state index is -0.341. The smallest absolute Gasteiger partial charge is 0.314 e. The number of anilines is 1. The molecule has 1 aliphatic carbocycles. The topological polar surface area (TPSA) is 56.7 Å². The van der Waals surface area contributed by atoms with E-state index in [-0.39, 0.29) is 11.6 Å². The van der Waals surface area contributed by atoms with Crippen molar-refractivity contribution in [1.29, 1.82) is 0 Å². The van der Waals surface area contributed by atoms with Crippen molar-refractivity contribution in [3.63, 3.8) is 0 Å². The van der Waals surface area contributed by atoms with Gasteiger partial charge in [-0.2, -0.15) is 0 Å². The molecule has 1 aromatic carbocycles. The van der Waals surface area contributed by atoms with E-state index in [4.69, 9.17) is 4.99 Å². The van der Waals surface area contributed by atoms with Crippen LogP contribution in [-0.2, 0) is 0 Å². The molecule has 26 heavy (non-hydrogen) atoms. The number of amidine groups is 1. The first-order valence-electron chi connectivity index (χ1n) is 9.77. The van der Waals surface area contributed by atoms with Crippen molar-refractivity contribution in [3.05, 3.63) is 27.8 Å². The molecule has 3 aliphatic rings. The van der Waals surface area contributed by atoms with Crippen molar-refractivity contribution >= 4 is 40.1 Å².